The number of rotatable bonds is 7. The summed E-state index contributed by atoms with van der Waals surface area (Å²) in [5.41, 5.74) is 0.230. The monoisotopic (exact) mass is 312 g/mol. The Bertz CT molecular complexity index is 731. The summed E-state index contributed by atoms with van der Waals surface area (Å²) in [5, 5.41) is 15.0. The Kier molecular flexibility index (Phi) is 4.52. The van der Waals surface area contributed by atoms with Gasteiger partial charge in [-0.1, -0.05) is 5.16 Å². The predicted molar refractivity (Wildman–Crippen MR) is 81.0 cm³/mol. The second-order valence-electron chi connectivity index (χ2n) is 5.30. The molecule has 0 aliphatic heterocycles. The molecule has 7 nitrogen and oxygen atoms in total. The van der Waals surface area contributed by atoms with Gasteiger partial charge in [-0.25, -0.2) is 4.98 Å². The normalized spacial score (nSPS) is 13.3. The van der Waals surface area contributed by atoms with Crippen molar-refractivity contribution in [2.24, 2.45) is 0 Å². The van der Waals surface area contributed by atoms with E-state index < -0.39 is 0 Å². The lowest BCUT2D eigenvalue weighted by molar-refractivity contribution is 0.101. The fourth-order valence-corrected chi connectivity index (χ4v) is 2.06. The fourth-order valence-electron chi connectivity index (χ4n) is 2.06. The third kappa shape index (κ3) is 3.86. The molecule has 23 heavy (non-hydrogen) atoms. The zero-order chi connectivity index (χ0) is 16.1. The Balaban J connectivity index is 1.64. The molecule has 0 bridgehead atoms. The molecule has 3 rings (SSSR count). The minimum atomic E-state index is -0.388. The van der Waals surface area contributed by atoms with Crippen LogP contribution in [0.15, 0.2) is 28.9 Å². The minimum Gasteiger partial charge on any atom is -0.490 e. The average Bonchev–Trinajstić information content (AvgIpc) is 3.30. The highest BCUT2D eigenvalue weighted by atomic mass is 16.5. The molecule has 1 N–H and O–H groups in total. The number of pyridine rings is 1. The van der Waals surface area contributed by atoms with E-state index in [2.05, 4.69) is 21.5 Å². The van der Waals surface area contributed by atoms with Crippen LogP contribution in [-0.4, -0.2) is 22.7 Å². The van der Waals surface area contributed by atoms with E-state index in [1.165, 1.54) is 0 Å². The number of nitrogens with zero attached hydrogens (tertiary/aromatic N) is 3. The minimum absolute atomic E-state index is 0.230. The van der Waals surface area contributed by atoms with Crippen LogP contribution in [0.5, 0.6) is 5.75 Å². The summed E-state index contributed by atoms with van der Waals surface area (Å²) in [6, 6.07) is 7.16. The molecule has 118 valence electrons. The maximum atomic E-state index is 12.2. The first-order valence-electron chi connectivity index (χ1n) is 7.50. The van der Waals surface area contributed by atoms with Crippen LogP contribution in [0, 0.1) is 11.3 Å². The molecule has 1 amide bonds. The topological polar surface area (TPSA) is 101 Å². The maximum absolute atomic E-state index is 12.2. The van der Waals surface area contributed by atoms with Crippen molar-refractivity contribution in [2.45, 2.75) is 31.6 Å². The molecule has 1 fully saturated rings. The van der Waals surface area contributed by atoms with E-state index in [1.807, 2.05) is 0 Å². The molecule has 0 spiro atoms. The van der Waals surface area contributed by atoms with E-state index in [9.17, 15) is 4.79 Å². The van der Waals surface area contributed by atoms with E-state index in [0.717, 1.165) is 18.6 Å². The van der Waals surface area contributed by atoms with E-state index in [0.29, 0.717) is 36.9 Å². The molecule has 2 heterocycles. The smallest absolute Gasteiger partial charge is 0.279 e. The summed E-state index contributed by atoms with van der Waals surface area (Å²) in [5.74, 6) is 1.55. The quantitative estimate of drug-likeness (QED) is 0.789. The molecular weight excluding hydrogens is 296 g/mol. The molecule has 2 aromatic rings. The second-order valence-corrected chi connectivity index (χ2v) is 5.30. The molecule has 0 atom stereocenters. The zero-order valence-corrected chi connectivity index (χ0v) is 12.5. The van der Waals surface area contributed by atoms with Crippen LogP contribution in [-0.2, 0) is 0 Å². The molecule has 7 heteroatoms. The van der Waals surface area contributed by atoms with E-state index in [-0.39, 0.29) is 11.6 Å². The predicted octanol–water partition coefficient (Wildman–Crippen LogP) is 2.88. The fraction of sp³-hybridized carbons (Fsp3) is 0.375. The molecule has 1 saturated carbocycles. The summed E-state index contributed by atoms with van der Waals surface area (Å²) in [6.45, 7) is 0.387. The van der Waals surface area contributed by atoms with Crippen LogP contribution in [0.1, 0.15) is 47.8 Å². The van der Waals surface area contributed by atoms with E-state index in [1.54, 1.807) is 24.4 Å². The molecular formula is C16H16N4O3. The van der Waals surface area contributed by atoms with Gasteiger partial charge in [-0.15, -0.1) is 0 Å². The standard InChI is InChI=1S/C16H16N4O3/c17-7-1-2-9-22-13-4-3-8-18-15(13)19-16(21)12-10-14(23-20-12)11-5-6-11/h3-4,8,10-11H,1-2,5-6,9H2,(H,18,19,21). The molecule has 1 aliphatic carbocycles. The highest BCUT2D eigenvalue weighted by molar-refractivity contribution is 6.03. The highest BCUT2D eigenvalue weighted by Crippen LogP contribution is 2.40. The second kappa shape index (κ2) is 6.92. The number of nitriles is 1. The average molecular weight is 312 g/mol. The number of carbonyl (C=O) groups is 1. The van der Waals surface area contributed by atoms with Gasteiger partial charge in [0.05, 0.1) is 12.7 Å². The van der Waals surface area contributed by atoms with Crippen molar-refractivity contribution in [1.82, 2.24) is 10.1 Å². The van der Waals surface area contributed by atoms with Gasteiger partial charge in [0.1, 0.15) is 5.76 Å². The third-order valence-corrected chi connectivity index (χ3v) is 3.43. The lowest BCUT2D eigenvalue weighted by Gasteiger charge is -2.09. The number of nitrogens with one attached hydrogen (secondary N) is 1. The van der Waals surface area contributed by atoms with Gasteiger partial charge in [0.2, 0.25) is 0 Å². The van der Waals surface area contributed by atoms with Crippen molar-refractivity contribution in [3.8, 4) is 11.8 Å². The van der Waals surface area contributed by atoms with Gasteiger partial charge in [0.25, 0.3) is 5.91 Å². The number of anilines is 1. The van der Waals surface area contributed by atoms with Crippen LogP contribution in [0.3, 0.4) is 0 Å². The summed E-state index contributed by atoms with van der Waals surface area (Å²) < 4.78 is 10.7. The molecule has 0 radical (unpaired) electrons. The van der Waals surface area contributed by atoms with Gasteiger partial charge in [0, 0.05) is 24.6 Å². The van der Waals surface area contributed by atoms with Crippen molar-refractivity contribution in [2.75, 3.05) is 11.9 Å². The van der Waals surface area contributed by atoms with Crippen LogP contribution < -0.4 is 10.1 Å². The van der Waals surface area contributed by atoms with Crippen LogP contribution in [0.2, 0.25) is 0 Å². The van der Waals surface area contributed by atoms with Gasteiger partial charge in [-0.05, 0) is 31.4 Å². The Morgan fingerprint density at radius 2 is 2.39 bits per heavy atom. The number of carbonyl (C=O) groups excluding carboxylic acids is 1. The number of hydrogen-bond acceptors (Lipinski definition) is 6. The van der Waals surface area contributed by atoms with E-state index >= 15 is 0 Å². The first kappa shape index (κ1) is 15.0. The van der Waals surface area contributed by atoms with Crippen LogP contribution >= 0.6 is 0 Å². The van der Waals surface area contributed by atoms with Crippen molar-refractivity contribution < 1.29 is 14.1 Å². The number of amides is 1. The van der Waals surface area contributed by atoms with Crippen molar-refractivity contribution in [3.05, 3.63) is 35.9 Å². The molecule has 1 aliphatic rings. The van der Waals surface area contributed by atoms with E-state index in [4.69, 9.17) is 14.5 Å². The summed E-state index contributed by atoms with van der Waals surface area (Å²) in [7, 11) is 0. The zero-order valence-electron chi connectivity index (χ0n) is 12.5. The first-order chi connectivity index (χ1) is 11.3. The van der Waals surface area contributed by atoms with Gasteiger partial charge >= 0.3 is 0 Å². The Hall–Kier alpha value is -2.88. The Labute approximate surface area is 133 Å². The molecule has 2 aromatic heterocycles. The lowest BCUT2D eigenvalue weighted by Crippen LogP contribution is -2.14. The van der Waals surface area contributed by atoms with Gasteiger partial charge in [0.15, 0.2) is 17.3 Å². The number of ether oxygens (including phenoxy) is 1. The Morgan fingerprint density at radius 1 is 1.52 bits per heavy atom. The first-order valence-corrected chi connectivity index (χ1v) is 7.50. The Morgan fingerprint density at radius 3 is 3.17 bits per heavy atom. The highest BCUT2D eigenvalue weighted by Gasteiger charge is 2.29. The van der Waals surface area contributed by atoms with Crippen molar-refractivity contribution >= 4 is 11.7 Å². The summed E-state index contributed by atoms with van der Waals surface area (Å²) in [6.07, 6.45) is 4.77. The van der Waals surface area contributed by atoms with Crippen molar-refractivity contribution in [3.63, 3.8) is 0 Å². The van der Waals surface area contributed by atoms with Gasteiger partial charge in [-0.2, -0.15) is 5.26 Å². The third-order valence-electron chi connectivity index (χ3n) is 3.43. The maximum Gasteiger partial charge on any atom is 0.279 e. The van der Waals surface area contributed by atoms with Crippen LogP contribution in [0.25, 0.3) is 0 Å². The molecule has 0 unspecified atom stereocenters. The summed E-state index contributed by atoms with van der Waals surface area (Å²) in [4.78, 5) is 16.3. The molecule has 0 aromatic carbocycles. The van der Waals surface area contributed by atoms with Crippen molar-refractivity contribution in [1.29, 1.82) is 5.26 Å². The largest absolute Gasteiger partial charge is 0.490 e. The summed E-state index contributed by atoms with van der Waals surface area (Å²) >= 11 is 0. The van der Waals surface area contributed by atoms with Crippen LogP contribution in [0.4, 0.5) is 5.82 Å². The molecule has 0 saturated heterocycles. The van der Waals surface area contributed by atoms with Gasteiger partial charge < -0.3 is 14.6 Å². The number of unbranched alkanes of at least 4 members (excludes halogenated alkanes) is 1. The lowest BCUT2D eigenvalue weighted by atomic mass is 10.3. The SMILES string of the molecule is N#CCCCOc1cccnc1NC(=O)c1cc(C2CC2)on1. The van der Waals surface area contributed by atoms with Gasteiger partial charge in [-0.3, -0.25) is 4.79 Å². The number of hydrogen-bond donors (Lipinski definition) is 1. The number of aromatic nitrogens is 2.